The standard InChI is InChI=1S/C13H24N4S2/c1-4-6-17-7-5-15-13(17)12(16-14)11-8-18-9(2)10(3)19-11/h5,7,9-12,16H,4,6,8,14H2,1-3H3. The van der Waals surface area contributed by atoms with Crippen LogP contribution >= 0.6 is 23.5 Å². The lowest BCUT2D eigenvalue weighted by atomic mass is 10.2. The van der Waals surface area contributed by atoms with Gasteiger partial charge in [0.2, 0.25) is 0 Å². The van der Waals surface area contributed by atoms with Gasteiger partial charge in [-0.2, -0.15) is 23.5 Å². The third kappa shape index (κ3) is 3.48. The van der Waals surface area contributed by atoms with Crippen molar-refractivity contribution in [2.24, 2.45) is 5.84 Å². The van der Waals surface area contributed by atoms with Crippen molar-refractivity contribution in [1.29, 1.82) is 0 Å². The van der Waals surface area contributed by atoms with Gasteiger partial charge in [-0.25, -0.2) is 10.4 Å². The Bertz CT molecular complexity index is 396. The molecule has 0 radical (unpaired) electrons. The number of aryl methyl sites for hydroxylation is 1. The van der Waals surface area contributed by atoms with Crippen molar-refractivity contribution in [3.05, 3.63) is 18.2 Å². The van der Waals surface area contributed by atoms with E-state index in [4.69, 9.17) is 5.84 Å². The van der Waals surface area contributed by atoms with Gasteiger partial charge in [-0.05, 0) is 6.42 Å². The Morgan fingerprint density at radius 1 is 1.53 bits per heavy atom. The lowest BCUT2D eigenvalue weighted by molar-refractivity contribution is 0.487. The highest BCUT2D eigenvalue weighted by atomic mass is 32.2. The molecular formula is C13H24N4S2. The minimum atomic E-state index is 0.133. The Balaban J connectivity index is 2.13. The zero-order valence-corrected chi connectivity index (χ0v) is 13.5. The topological polar surface area (TPSA) is 55.9 Å². The molecule has 19 heavy (non-hydrogen) atoms. The van der Waals surface area contributed by atoms with Crippen LogP contribution in [-0.4, -0.2) is 31.1 Å². The van der Waals surface area contributed by atoms with Crippen molar-refractivity contribution in [2.45, 2.75) is 55.5 Å². The van der Waals surface area contributed by atoms with Gasteiger partial charge in [-0.1, -0.05) is 20.8 Å². The number of imidazole rings is 1. The van der Waals surface area contributed by atoms with Crippen molar-refractivity contribution in [3.63, 3.8) is 0 Å². The fourth-order valence-corrected chi connectivity index (χ4v) is 5.43. The molecule has 2 heterocycles. The van der Waals surface area contributed by atoms with Crippen LogP contribution in [0.5, 0.6) is 0 Å². The maximum absolute atomic E-state index is 5.81. The summed E-state index contributed by atoms with van der Waals surface area (Å²) in [5, 5.41) is 1.86. The highest BCUT2D eigenvalue weighted by Gasteiger charge is 2.33. The van der Waals surface area contributed by atoms with E-state index in [1.54, 1.807) is 0 Å². The number of thioether (sulfide) groups is 2. The summed E-state index contributed by atoms with van der Waals surface area (Å²) in [5.74, 6) is 8.02. The van der Waals surface area contributed by atoms with Crippen molar-refractivity contribution in [1.82, 2.24) is 15.0 Å². The SMILES string of the molecule is CCCn1ccnc1C(NN)C1CSC(C)C(C)S1. The van der Waals surface area contributed by atoms with E-state index in [0.29, 0.717) is 10.5 Å². The van der Waals surface area contributed by atoms with Crippen LogP contribution in [0, 0.1) is 0 Å². The maximum Gasteiger partial charge on any atom is 0.128 e. The first-order valence-corrected chi connectivity index (χ1v) is 8.90. The predicted octanol–water partition coefficient (Wildman–Crippen LogP) is 2.42. The summed E-state index contributed by atoms with van der Waals surface area (Å²) in [6, 6.07) is 0.133. The van der Waals surface area contributed by atoms with Crippen LogP contribution in [0.4, 0.5) is 0 Å². The minimum Gasteiger partial charge on any atom is -0.334 e. The summed E-state index contributed by atoms with van der Waals surface area (Å²) in [7, 11) is 0. The molecule has 1 saturated heterocycles. The van der Waals surface area contributed by atoms with E-state index in [1.807, 2.05) is 29.7 Å². The smallest absolute Gasteiger partial charge is 0.128 e. The monoisotopic (exact) mass is 300 g/mol. The second kappa shape index (κ2) is 7.02. The Morgan fingerprint density at radius 2 is 2.32 bits per heavy atom. The highest BCUT2D eigenvalue weighted by Crippen LogP contribution is 2.40. The van der Waals surface area contributed by atoms with Gasteiger partial charge in [-0.3, -0.25) is 5.84 Å². The quantitative estimate of drug-likeness (QED) is 0.646. The predicted molar refractivity (Wildman–Crippen MR) is 85.3 cm³/mol. The summed E-state index contributed by atoms with van der Waals surface area (Å²) in [5.41, 5.74) is 2.99. The lowest BCUT2D eigenvalue weighted by Gasteiger charge is -2.35. The van der Waals surface area contributed by atoms with Crippen molar-refractivity contribution < 1.29 is 0 Å². The van der Waals surface area contributed by atoms with Crippen LogP contribution in [0.1, 0.15) is 39.1 Å². The first-order chi connectivity index (χ1) is 9.17. The van der Waals surface area contributed by atoms with Crippen LogP contribution in [0.3, 0.4) is 0 Å². The van der Waals surface area contributed by atoms with Crippen molar-refractivity contribution in [3.8, 4) is 0 Å². The number of nitrogens with two attached hydrogens (primary N) is 1. The number of rotatable bonds is 5. The highest BCUT2D eigenvalue weighted by molar-refractivity contribution is 8.07. The third-order valence-electron chi connectivity index (χ3n) is 3.62. The molecule has 6 heteroatoms. The molecule has 0 aromatic carbocycles. The molecule has 0 amide bonds. The normalized spacial score (nSPS) is 29.4. The van der Waals surface area contributed by atoms with E-state index in [9.17, 15) is 0 Å². The van der Waals surface area contributed by atoms with Gasteiger partial charge in [0, 0.05) is 40.4 Å². The van der Waals surface area contributed by atoms with Gasteiger partial charge < -0.3 is 4.57 Å². The van der Waals surface area contributed by atoms with Gasteiger partial charge in [0.15, 0.2) is 0 Å². The summed E-state index contributed by atoms with van der Waals surface area (Å²) in [6.45, 7) is 7.80. The van der Waals surface area contributed by atoms with E-state index >= 15 is 0 Å². The van der Waals surface area contributed by atoms with E-state index in [0.717, 1.165) is 29.8 Å². The first-order valence-electron chi connectivity index (χ1n) is 6.91. The van der Waals surface area contributed by atoms with Gasteiger partial charge in [0.1, 0.15) is 5.82 Å². The lowest BCUT2D eigenvalue weighted by Crippen LogP contribution is -2.41. The fraction of sp³-hybridized carbons (Fsp3) is 0.769. The number of hydrogen-bond donors (Lipinski definition) is 2. The molecule has 108 valence electrons. The minimum absolute atomic E-state index is 0.133. The molecule has 1 aromatic rings. The maximum atomic E-state index is 5.81. The van der Waals surface area contributed by atoms with Gasteiger partial charge in [-0.15, -0.1) is 0 Å². The van der Waals surface area contributed by atoms with Gasteiger partial charge >= 0.3 is 0 Å². The average Bonchev–Trinajstić information content (AvgIpc) is 2.83. The molecule has 1 aliphatic heterocycles. The molecule has 4 atom stereocenters. The molecule has 1 fully saturated rings. The largest absolute Gasteiger partial charge is 0.334 e. The van der Waals surface area contributed by atoms with Crippen molar-refractivity contribution >= 4 is 23.5 Å². The van der Waals surface area contributed by atoms with Crippen LogP contribution in [0.15, 0.2) is 12.4 Å². The number of hydrogen-bond acceptors (Lipinski definition) is 5. The Labute approximate surface area is 124 Å². The third-order valence-corrected chi connectivity index (χ3v) is 7.11. The Hall–Kier alpha value is -0.170. The van der Waals surface area contributed by atoms with Crippen LogP contribution < -0.4 is 11.3 Å². The number of aromatic nitrogens is 2. The fourth-order valence-electron chi connectivity index (χ4n) is 2.36. The molecule has 2 rings (SSSR count). The summed E-state index contributed by atoms with van der Waals surface area (Å²) >= 11 is 4.08. The summed E-state index contributed by atoms with van der Waals surface area (Å²) in [6.07, 6.45) is 5.04. The van der Waals surface area contributed by atoms with Gasteiger partial charge in [0.05, 0.1) is 6.04 Å². The van der Waals surface area contributed by atoms with Crippen LogP contribution in [0.2, 0.25) is 0 Å². The zero-order valence-electron chi connectivity index (χ0n) is 11.9. The van der Waals surface area contributed by atoms with Crippen molar-refractivity contribution in [2.75, 3.05) is 5.75 Å². The zero-order chi connectivity index (χ0) is 13.8. The molecule has 3 N–H and O–H groups in total. The molecule has 4 unspecified atom stereocenters. The molecule has 4 nitrogen and oxygen atoms in total. The molecule has 1 aliphatic rings. The van der Waals surface area contributed by atoms with Crippen LogP contribution in [0.25, 0.3) is 0 Å². The summed E-state index contributed by atoms with van der Waals surface area (Å²) in [4.78, 5) is 4.52. The second-order valence-electron chi connectivity index (χ2n) is 5.04. The molecule has 0 bridgehead atoms. The summed E-state index contributed by atoms with van der Waals surface area (Å²) < 4.78 is 2.22. The van der Waals surface area contributed by atoms with E-state index in [-0.39, 0.29) is 6.04 Å². The average molecular weight is 300 g/mol. The second-order valence-corrected chi connectivity index (χ2v) is 8.07. The first kappa shape index (κ1) is 15.2. The number of nitrogens with one attached hydrogen (secondary N) is 1. The van der Waals surface area contributed by atoms with E-state index in [2.05, 4.69) is 41.9 Å². The Kier molecular flexibility index (Phi) is 5.62. The molecule has 0 saturated carbocycles. The molecule has 0 spiro atoms. The number of hydrazine groups is 1. The number of nitrogens with zero attached hydrogens (tertiary/aromatic N) is 2. The van der Waals surface area contributed by atoms with E-state index in [1.165, 1.54) is 0 Å². The molecule has 1 aromatic heterocycles. The Morgan fingerprint density at radius 3 is 2.95 bits per heavy atom. The van der Waals surface area contributed by atoms with Crippen LogP contribution in [-0.2, 0) is 6.54 Å². The molecular weight excluding hydrogens is 276 g/mol. The van der Waals surface area contributed by atoms with E-state index < -0.39 is 0 Å². The van der Waals surface area contributed by atoms with Gasteiger partial charge in [0.25, 0.3) is 0 Å². The molecule has 0 aliphatic carbocycles.